The molecule has 0 radical (unpaired) electrons. The van der Waals surface area contributed by atoms with Gasteiger partial charge in [-0.15, -0.1) is 0 Å². The Labute approximate surface area is 132 Å². The highest BCUT2D eigenvalue weighted by Gasteiger charge is 2.45. The summed E-state index contributed by atoms with van der Waals surface area (Å²) in [6, 6.07) is 6.72. The fourth-order valence-corrected chi connectivity index (χ4v) is 2.92. The number of hydrogen-bond acceptors (Lipinski definition) is 5. The van der Waals surface area contributed by atoms with Crippen molar-refractivity contribution < 1.29 is 14.8 Å². The number of fused-ring (bicyclic) bond motifs is 2. The summed E-state index contributed by atoms with van der Waals surface area (Å²) in [6.07, 6.45) is 1.10. The molecule has 3 rings (SSSR count). The lowest BCUT2D eigenvalue weighted by molar-refractivity contribution is -0.0583. The maximum absolute atomic E-state index is 12.2. The van der Waals surface area contributed by atoms with E-state index in [1.54, 1.807) is 0 Å². The van der Waals surface area contributed by atoms with E-state index in [1.165, 1.54) is 29.2 Å². The van der Waals surface area contributed by atoms with Crippen molar-refractivity contribution in [2.45, 2.75) is 24.9 Å². The first-order valence-electron chi connectivity index (χ1n) is 7.20. The zero-order valence-corrected chi connectivity index (χ0v) is 12.2. The molecule has 2 bridgehead atoms. The Balaban J connectivity index is 1.68. The number of nitrogens with one attached hydrogen (secondary N) is 2. The lowest BCUT2D eigenvalue weighted by Crippen LogP contribution is -2.50. The number of carbonyl (C=O) groups excluding carboxylic acids is 2. The second-order valence-electron chi connectivity index (χ2n) is 5.58. The lowest BCUT2D eigenvalue weighted by Gasteiger charge is -2.30. The van der Waals surface area contributed by atoms with Gasteiger partial charge in [0.15, 0.2) is 0 Å². The number of piperidine rings is 1. The van der Waals surface area contributed by atoms with Crippen LogP contribution in [0.25, 0.3) is 0 Å². The molecule has 2 heterocycles. The van der Waals surface area contributed by atoms with Crippen LogP contribution in [0.2, 0.25) is 0 Å². The van der Waals surface area contributed by atoms with Gasteiger partial charge >= 0.3 is 6.03 Å². The predicted octanol–water partition coefficient (Wildman–Crippen LogP) is 0.923. The third-order valence-electron chi connectivity index (χ3n) is 4.20. The smallest absolute Gasteiger partial charge is 0.311 e. The maximum Gasteiger partial charge on any atom is 0.344 e. The molecule has 118 valence electrons. The van der Waals surface area contributed by atoms with Gasteiger partial charge in [-0.1, -0.05) is 0 Å². The minimum Gasteiger partial charge on any atom is -0.311 e. The first kappa shape index (κ1) is 15.0. The summed E-state index contributed by atoms with van der Waals surface area (Å²) in [5.74, 6) is -0.532. The zero-order chi connectivity index (χ0) is 16.6. The van der Waals surface area contributed by atoms with E-state index in [4.69, 9.17) is 10.7 Å². The highest BCUT2D eigenvalue weighted by Crippen LogP contribution is 2.28. The summed E-state index contributed by atoms with van der Waals surface area (Å²) in [6.45, 7) is 0.356. The number of rotatable bonds is 2. The molecule has 2 aliphatic heterocycles. The molecule has 8 nitrogen and oxygen atoms in total. The van der Waals surface area contributed by atoms with Crippen LogP contribution >= 0.6 is 0 Å². The van der Waals surface area contributed by atoms with Gasteiger partial charge in [0.2, 0.25) is 0 Å². The molecule has 23 heavy (non-hydrogen) atoms. The summed E-state index contributed by atoms with van der Waals surface area (Å²) in [4.78, 5) is 25.4. The first-order chi connectivity index (χ1) is 11.0. The molecule has 8 heteroatoms. The summed E-state index contributed by atoms with van der Waals surface area (Å²) >= 11 is 0. The van der Waals surface area contributed by atoms with Crippen LogP contribution in [0.5, 0.6) is 0 Å². The van der Waals surface area contributed by atoms with Crippen LogP contribution in [-0.2, 0) is 0 Å². The number of nitrogens with zero attached hydrogens (tertiary/aromatic N) is 3. The van der Waals surface area contributed by atoms with E-state index >= 15 is 0 Å². The number of hydrogen-bond donors (Lipinski definition) is 3. The molecule has 3 N–H and O–H groups in total. The number of urea groups is 1. The van der Waals surface area contributed by atoms with E-state index in [0.717, 1.165) is 0 Å². The fourth-order valence-electron chi connectivity index (χ4n) is 2.92. The third kappa shape index (κ3) is 2.62. The van der Waals surface area contributed by atoms with Gasteiger partial charge in [0.25, 0.3) is 5.91 Å². The molecule has 2 atom stereocenters. The van der Waals surface area contributed by atoms with Gasteiger partial charge in [0.1, 0.15) is 5.84 Å². The first-order valence-corrected chi connectivity index (χ1v) is 7.20. The quantitative estimate of drug-likeness (QED) is 0.427. The summed E-state index contributed by atoms with van der Waals surface area (Å²) in [5, 5.41) is 29.6. The van der Waals surface area contributed by atoms with Gasteiger partial charge in [0, 0.05) is 12.1 Å². The lowest BCUT2D eigenvalue weighted by atomic mass is 10.00. The van der Waals surface area contributed by atoms with Crippen LogP contribution in [0.15, 0.2) is 24.3 Å². The molecular formula is C15H15N5O3. The highest BCUT2D eigenvalue weighted by atomic mass is 16.5. The normalized spacial score (nSPS) is 22.7. The summed E-state index contributed by atoms with van der Waals surface area (Å²) in [7, 11) is 0. The largest absolute Gasteiger partial charge is 0.344 e. The van der Waals surface area contributed by atoms with Crippen molar-refractivity contribution in [1.29, 1.82) is 10.7 Å². The fraction of sp³-hybridized carbons (Fsp3) is 0.333. The SMILES string of the molecule is N#Cc1ccc(C(=O)NC(=N)[C@@H]2CC[C@@H]3CN2C(=O)N3O)cc1. The molecule has 0 unspecified atom stereocenters. The van der Waals surface area contributed by atoms with E-state index < -0.39 is 18.0 Å². The Morgan fingerprint density at radius 3 is 2.70 bits per heavy atom. The predicted molar refractivity (Wildman–Crippen MR) is 78.9 cm³/mol. The molecular weight excluding hydrogens is 298 g/mol. The van der Waals surface area contributed by atoms with Gasteiger partial charge in [-0.05, 0) is 37.1 Å². The van der Waals surface area contributed by atoms with E-state index in [2.05, 4.69) is 5.32 Å². The molecule has 3 amide bonds. The van der Waals surface area contributed by atoms with Crippen LogP contribution in [0.1, 0.15) is 28.8 Å². The van der Waals surface area contributed by atoms with Crippen molar-refractivity contribution >= 4 is 17.8 Å². The molecule has 1 aromatic rings. The standard InChI is InChI=1S/C15H15N5O3/c16-7-9-1-3-10(4-2-9)14(21)18-13(17)12-6-5-11-8-19(12)15(22)20(11)23/h1-4,11-12,23H,5-6,8H2,(H2,17,18,21)/t11-,12+/m1/s1. The molecule has 2 fully saturated rings. The molecule has 0 saturated carbocycles. The number of amides is 3. The zero-order valence-electron chi connectivity index (χ0n) is 12.2. The van der Waals surface area contributed by atoms with Crippen LogP contribution in [0, 0.1) is 16.7 Å². The maximum atomic E-state index is 12.2. The molecule has 0 aromatic heterocycles. The van der Waals surface area contributed by atoms with Gasteiger partial charge < -0.3 is 10.2 Å². The second kappa shape index (κ2) is 5.70. The molecule has 0 aliphatic carbocycles. The molecule has 0 spiro atoms. The van der Waals surface area contributed by atoms with Crippen molar-refractivity contribution in [2.24, 2.45) is 0 Å². The number of benzene rings is 1. The Morgan fingerprint density at radius 1 is 1.35 bits per heavy atom. The Bertz CT molecular complexity index is 709. The molecule has 1 aromatic carbocycles. The Kier molecular flexibility index (Phi) is 3.72. The van der Waals surface area contributed by atoms with E-state index in [-0.39, 0.29) is 11.9 Å². The minimum absolute atomic E-state index is 0.0681. The average Bonchev–Trinajstić information content (AvgIpc) is 2.79. The van der Waals surface area contributed by atoms with Crippen LogP contribution in [0.4, 0.5) is 4.79 Å². The van der Waals surface area contributed by atoms with Crippen molar-refractivity contribution in [3.05, 3.63) is 35.4 Å². The molecule has 2 aliphatic rings. The monoisotopic (exact) mass is 313 g/mol. The van der Waals surface area contributed by atoms with Crippen molar-refractivity contribution in [3.8, 4) is 6.07 Å². The van der Waals surface area contributed by atoms with E-state index in [0.29, 0.717) is 35.6 Å². The van der Waals surface area contributed by atoms with Crippen molar-refractivity contribution in [1.82, 2.24) is 15.3 Å². The van der Waals surface area contributed by atoms with Crippen molar-refractivity contribution in [3.63, 3.8) is 0 Å². The highest BCUT2D eigenvalue weighted by molar-refractivity contribution is 6.07. The van der Waals surface area contributed by atoms with Crippen molar-refractivity contribution in [2.75, 3.05) is 6.54 Å². The molecule has 2 saturated heterocycles. The Hall–Kier alpha value is -2.92. The Morgan fingerprint density at radius 2 is 2.04 bits per heavy atom. The number of hydroxylamine groups is 2. The third-order valence-corrected chi connectivity index (χ3v) is 4.20. The summed E-state index contributed by atoms with van der Waals surface area (Å²) in [5.41, 5.74) is 0.777. The van der Waals surface area contributed by atoms with E-state index in [9.17, 15) is 14.8 Å². The van der Waals surface area contributed by atoms with Crippen LogP contribution in [-0.4, -0.2) is 51.6 Å². The van der Waals surface area contributed by atoms with Gasteiger partial charge in [-0.25, -0.2) is 9.86 Å². The van der Waals surface area contributed by atoms with Gasteiger partial charge in [0.05, 0.1) is 23.7 Å². The van der Waals surface area contributed by atoms with E-state index in [1.807, 2.05) is 6.07 Å². The second-order valence-corrected chi connectivity index (χ2v) is 5.58. The van der Waals surface area contributed by atoms with Gasteiger partial charge in [-0.2, -0.15) is 5.26 Å². The number of amidine groups is 1. The topological polar surface area (TPSA) is 121 Å². The average molecular weight is 313 g/mol. The van der Waals surface area contributed by atoms with Gasteiger partial charge in [-0.3, -0.25) is 15.4 Å². The summed E-state index contributed by atoms with van der Waals surface area (Å²) < 4.78 is 0. The van der Waals surface area contributed by atoms with Crippen LogP contribution < -0.4 is 5.32 Å². The number of nitriles is 1. The van der Waals surface area contributed by atoms with Crippen LogP contribution in [0.3, 0.4) is 0 Å². The number of carbonyl (C=O) groups is 2. The minimum atomic E-state index is -0.543.